The van der Waals surface area contributed by atoms with Crippen molar-refractivity contribution >= 4 is 165 Å². The van der Waals surface area contributed by atoms with E-state index in [0.29, 0.717) is 0 Å². The van der Waals surface area contributed by atoms with Crippen LogP contribution in [0.1, 0.15) is 0 Å². The summed E-state index contributed by atoms with van der Waals surface area (Å²) in [5, 5.41) is 0. The fraction of sp³-hybridized carbons (Fsp3) is 0. The Morgan fingerprint density at radius 2 is 0.238 bits per heavy atom. The second kappa shape index (κ2) is 27.0. The van der Waals surface area contributed by atoms with Crippen LogP contribution in [0.25, 0.3) is 0 Å². The smallest absolute Gasteiger partial charge is 0.894 e. The predicted octanol–water partition coefficient (Wildman–Crippen LogP) is -17.7. The molecule has 21 heteroatoms. The summed E-state index contributed by atoms with van der Waals surface area (Å²) >= 11 is 0. The Morgan fingerprint density at radius 1 is 0.238 bits per heavy atom. The summed E-state index contributed by atoms with van der Waals surface area (Å²) in [6, 6.07) is 0. The maximum atomic E-state index is 8.58. The van der Waals surface area contributed by atoms with Crippen LogP contribution >= 0.6 is 0 Å². The summed E-state index contributed by atoms with van der Waals surface area (Å²) in [7, 11) is -16.8. The van der Waals surface area contributed by atoms with Crippen LogP contribution in [-0.2, 0) is 0 Å². The van der Waals surface area contributed by atoms with Crippen LogP contribution in [0, 0.1) is 0 Å². The van der Waals surface area contributed by atoms with Crippen molar-refractivity contribution in [3.8, 4) is 0 Å². The molecular weight excluding hydrogens is 422 g/mol. The zero-order chi connectivity index (χ0) is 13.5. The molecule has 0 saturated carbocycles. The monoisotopic (exact) mass is 420 g/mol. The van der Waals surface area contributed by atoms with Gasteiger partial charge in [-0.2, -0.15) is 0 Å². The molecule has 0 bridgehead atoms. The Labute approximate surface area is 219 Å². The van der Waals surface area contributed by atoms with Gasteiger partial charge in [-0.05, 0) is 0 Å². The van der Waals surface area contributed by atoms with Gasteiger partial charge in [0.2, 0.25) is 0 Å². The molecular formula is Mg6O12Si3. The quantitative estimate of drug-likeness (QED) is 0.329. The van der Waals surface area contributed by atoms with E-state index >= 15 is 0 Å². The fourth-order valence-corrected chi connectivity index (χ4v) is 0. The molecule has 0 aliphatic carbocycles. The standard InChI is InChI=1S/6Mg.3O4Si/c;;;;;;3*1-5(2,3)4/q6*+2;3*-4. The first kappa shape index (κ1) is 56.2. The van der Waals surface area contributed by atoms with E-state index in [0.717, 1.165) is 0 Å². The third kappa shape index (κ3) is 565. The minimum Gasteiger partial charge on any atom is -0.894 e. The van der Waals surface area contributed by atoms with Crippen LogP contribution in [0.2, 0.25) is 0 Å². The van der Waals surface area contributed by atoms with Crippen LogP contribution in [0.15, 0.2) is 0 Å². The minimum atomic E-state index is -5.61. The molecule has 0 radical (unpaired) electrons. The van der Waals surface area contributed by atoms with Crippen molar-refractivity contribution in [1.29, 1.82) is 0 Å². The van der Waals surface area contributed by atoms with E-state index in [1.54, 1.807) is 0 Å². The molecule has 0 aromatic carbocycles. The summed E-state index contributed by atoms with van der Waals surface area (Å²) in [6.07, 6.45) is 0. The Morgan fingerprint density at radius 3 is 0.238 bits per heavy atom. The molecule has 0 aliphatic heterocycles. The van der Waals surface area contributed by atoms with E-state index in [-0.39, 0.29) is 138 Å². The first-order valence-corrected chi connectivity index (χ1v) is 7.35. The molecule has 0 aromatic heterocycles. The molecule has 0 atom stereocenters. The van der Waals surface area contributed by atoms with Gasteiger partial charge < -0.3 is 84.7 Å². The Kier molecular flexibility index (Phi) is 72.3. The second-order valence-electron chi connectivity index (χ2n) is 1.50. The molecule has 0 unspecified atom stereocenters. The third-order valence-electron chi connectivity index (χ3n) is 0. The Balaban J connectivity index is -0.0000000129. The molecule has 21 heavy (non-hydrogen) atoms. The summed E-state index contributed by atoms with van der Waals surface area (Å²) in [5.41, 5.74) is 0. The van der Waals surface area contributed by atoms with Crippen LogP contribution in [0.3, 0.4) is 0 Å². The van der Waals surface area contributed by atoms with Gasteiger partial charge in [0, 0.05) is 0 Å². The van der Waals surface area contributed by atoms with Crippen LogP contribution < -0.4 is 57.5 Å². The Hall–Kier alpha value is 4.77. The van der Waals surface area contributed by atoms with Crippen molar-refractivity contribution in [2.24, 2.45) is 0 Å². The van der Waals surface area contributed by atoms with Gasteiger partial charge in [0.25, 0.3) is 0 Å². The summed E-state index contributed by atoms with van der Waals surface area (Å²) < 4.78 is 0. The van der Waals surface area contributed by atoms with Crippen molar-refractivity contribution in [3.05, 3.63) is 0 Å². The van der Waals surface area contributed by atoms with Gasteiger partial charge in [-0.1, -0.05) is 0 Å². The maximum Gasteiger partial charge on any atom is 2.00 e. The Bertz CT molecular complexity index is 104. The van der Waals surface area contributed by atoms with Crippen LogP contribution in [0.4, 0.5) is 0 Å². The van der Waals surface area contributed by atoms with Gasteiger partial charge >= 0.3 is 138 Å². The zero-order valence-electron chi connectivity index (χ0n) is 10.6. The molecule has 0 spiro atoms. The molecule has 0 heterocycles. The molecule has 0 aromatic rings. The largest absolute Gasteiger partial charge is 2.00 e. The van der Waals surface area contributed by atoms with Crippen molar-refractivity contribution in [2.75, 3.05) is 0 Å². The van der Waals surface area contributed by atoms with Gasteiger partial charge in [-0.25, -0.2) is 0 Å². The molecule has 12 nitrogen and oxygen atoms in total. The van der Waals surface area contributed by atoms with E-state index in [2.05, 4.69) is 0 Å². The van der Waals surface area contributed by atoms with Crippen molar-refractivity contribution < 1.29 is 57.5 Å². The van der Waals surface area contributed by atoms with E-state index in [1.165, 1.54) is 0 Å². The van der Waals surface area contributed by atoms with Gasteiger partial charge in [0.05, 0.1) is 0 Å². The molecule has 0 saturated heterocycles. The predicted molar refractivity (Wildman–Crippen MR) is 51.8 cm³/mol. The molecule has 0 fully saturated rings. The summed E-state index contributed by atoms with van der Waals surface area (Å²) in [4.78, 5) is 103. The third-order valence-corrected chi connectivity index (χ3v) is 0. The van der Waals surface area contributed by atoms with Crippen molar-refractivity contribution in [1.82, 2.24) is 0 Å². The minimum absolute atomic E-state index is 0. The van der Waals surface area contributed by atoms with E-state index < -0.39 is 27.1 Å². The van der Waals surface area contributed by atoms with Crippen molar-refractivity contribution in [3.63, 3.8) is 0 Å². The average molecular weight is 422 g/mol. The SMILES string of the molecule is [Mg+2].[Mg+2].[Mg+2].[Mg+2].[Mg+2].[Mg+2].[O-][Si]([O-])([O-])[O-].[O-][Si]([O-])([O-])[O-].[O-][Si]([O-])([O-])[O-]. The second-order valence-corrected chi connectivity index (χ2v) is 4.50. The summed E-state index contributed by atoms with van der Waals surface area (Å²) in [6.45, 7) is 0. The first-order chi connectivity index (χ1) is 6.00. The number of rotatable bonds is 0. The van der Waals surface area contributed by atoms with E-state index in [1.807, 2.05) is 0 Å². The van der Waals surface area contributed by atoms with E-state index in [4.69, 9.17) is 57.5 Å². The first-order valence-electron chi connectivity index (χ1n) is 2.45. The van der Waals surface area contributed by atoms with Gasteiger partial charge in [0.15, 0.2) is 0 Å². The number of hydrogen-bond donors (Lipinski definition) is 0. The zero-order valence-corrected chi connectivity index (χ0v) is 22.1. The molecule has 0 aliphatic rings. The maximum absolute atomic E-state index is 8.58. The average Bonchev–Trinajstić information content (AvgIpc) is 1.41. The van der Waals surface area contributed by atoms with Gasteiger partial charge in [-0.3, -0.25) is 0 Å². The molecule has 0 amide bonds. The summed E-state index contributed by atoms with van der Waals surface area (Å²) in [5.74, 6) is 0. The number of hydrogen-bond acceptors (Lipinski definition) is 12. The van der Waals surface area contributed by atoms with Crippen molar-refractivity contribution in [2.45, 2.75) is 0 Å². The van der Waals surface area contributed by atoms with Crippen LogP contribution in [0.5, 0.6) is 0 Å². The topological polar surface area (TPSA) is 277 Å². The molecule has 96 valence electrons. The van der Waals surface area contributed by atoms with Gasteiger partial charge in [0.1, 0.15) is 0 Å². The normalized spacial score (nSPS) is 8.57. The molecule has 0 N–H and O–H groups in total. The van der Waals surface area contributed by atoms with Crippen LogP contribution in [-0.4, -0.2) is 165 Å². The van der Waals surface area contributed by atoms with Gasteiger partial charge in [-0.15, -0.1) is 0 Å². The molecule has 0 rings (SSSR count). The van der Waals surface area contributed by atoms with E-state index in [9.17, 15) is 0 Å². The fourth-order valence-electron chi connectivity index (χ4n) is 0.